The van der Waals surface area contributed by atoms with E-state index in [2.05, 4.69) is 10.2 Å². The van der Waals surface area contributed by atoms with E-state index in [1.54, 1.807) is 0 Å². The zero-order chi connectivity index (χ0) is 20.1. The van der Waals surface area contributed by atoms with Crippen molar-refractivity contribution in [2.45, 2.75) is 70.2 Å². The number of carbonyl (C=O) groups is 2. The van der Waals surface area contributed by atoms with Gasteiger partial charge in [-0.1, -0.05) is 36.9 Å². The van der Waals surface area contributed by atoms with Crippen molar-refractivity contribution in [3.05, 3.63) is 34.3 Å². The van der Waals surface area contributed by atoms with Gasteiger partial charge in [-0.25, -0.2) is 0 Å². The van der Waals surface area contributed by atoms with Gasteiger partial charge in [0.1, 0.15) is 6.10 Å². The van der Waals surface area contributed by atoms with E-state index in [1.165, 1.54) is 0 Å². The molecule has 1 saturated carbocycles. The molecule has 154 valence electrons. The standard InChI is InChI=1S/C21H30ClN3O3/c22-17-9-8-15(12-23)16(11-17)13-25-10-4-7-18(25)20(27)24-21(28)19(26)14-5-2-1-3-6-14/h8-9,11,14,18-19,26H,1-7,10,12-13,23H2,(H,24,27,28)/t18-,19+/m0/s1. The van der Waals surface area contributed by atoms with Crippen LogP contribution in [-0.2, 0) is 22.7 Å². The Kier molecular flexibility index (Phi) is 7.46. The van der Waals surface area contributed by atoms with Crippen LogP contribution in [0.5, 0.6) is 0 Å². The van der Waals surface area contributed by atoms with Crippen LogP contribution in [0, 0.1) is 5.92 Å². The number of carbonyl (C=O) groups excluding carboxylic acids is 2. The van der Waals surface area contributed by atoms with Gasteiger partial charge in [-0.3, -0.25) is 19.8 Å². The van der Waals surface area contributed by atoms with Gasteiger partial charge in [0.05, 0.1) is 6.04 Å². The first-order valence-corrected chi connectivity index (χ1v) is 10.6. The molecule has 3 rings (SSSR count). The topological polar surface area (TPSA) is 95.7 Å². The van der Waals surface area contributed by atoms with Gasteiger partial charge in [0, 0.05) is 18.1 Å². The molecule has 2 amide bonds. The molecule has 1 saturated heterocycles. The highest BCUT2D eigenvalue weighted by Crippen LogP contribution is 2.27. The second-order valence-corrected chi connectivity index (χ2v) is 8.38. The van der Waals surface area contributed by atoms with Crippen molar-refractivity contribution in [2.24, 2.45) is 11.7 Å². The predicted octanol–water partition coefficient (Wildman–Crippen LogP) is 2.35. The molecule has 0 unspecified atom stereocenters. The van der Waals surface area contributed by atoms with Crippen LogP contribution in [0.1, 0.15) is 56.1 Å². The number of nitrogens with one attached hydrogen (secondary N) is 1. The number of likely N-dealkylation sites (tertiary alicyclic amines) is 1. The highest BCUT2D eigenvalue weighted by atomic mass is 35.5. The van der Waals surface area contributed by atoms with Gasteiger partial charge in [-0.05, 0) is 61.4 Å². The van der Waals surface area contributed by atoms with E-state index in [1.807, 2.05) is 18.2 Å². The number of rotatable bonds is 6. The Labute approximate surface area is 171 Å². The molecular weight excluding hydrogens is 378 g/mol. The van der Waals surface area contributed by atoms with E-state index < -0.39 is 12.0 Å². The first-order chi connectivity index (χ1) is 13.5. The molecule has 0 radical (unpaired) electrons. The summed E-state index contributed by atoms with van der Waals surface area (Å²) >= 11 is 6.12. The summed E-state index contributed by atoms with van der Waals surface area (Å²) < 4.78 is 0. The van der Waals surface area contributed by atoms with E-state index in [0.717, 1.165) is 56.2 Å². The molecule has 1 heterocycles. The summed E-state index contributed by atoms with van der Waals surface area (Å²) in [5, 5.41) is 13.4. The van der Waals surface area contributed by atoms with Crippen LogP contribution < -0.4 is 11.1 Å². The molecule has 1 aliphatic carbocycles. The normalized spacial score (nSPS) is 22.2. The van der Waals surface area contributed by atoms with Crippen LogP contribution >= 0.6 is 11.6 Å². The van der Waals surface area contributed by atoms with Crippen LogP contribution in [0.4, 0.5) is 0 Å². The third-order valence-electron chi connectivity index (χ3n) is 6.04. The summed E-state index contributed by atoms with van der Waals surface area (Å²) in [6.45, 7) is 1.74. The third kappa shape index (κ3) is 5.11. The van der Waals surface area contributed by atoms with Gasteiger partial charge in [0.2, 0.25) is 5.91 Å². The molecule has 28 heavy (non-hydrogen) atoms. The quantitative estimate of drug-likeness (QED) is 0.672. The lowest BCUT2D eigenvalue weighted by Gasteiger charge is -2.27. The Balaban J connectivity index is 1.61. The molecule has 0 spiro atoms. The van der Waals surface area contributed by atoms with Gasteiger partial charge in [0.15, 0.2) is 0 Å². The number of amides is 2. The monoisotopic (exact) mass is 407 g/mol. The largest absolute Gasteiger partial charge is 0.383 e. The van der Waals surface area contributed by atoms with E-state index in [9.17, 15) is 14.7 Å². The average Bonchev–Trinajstić information content (AvgIpc) is 3.16. The van der Waals surface area contributed by atoms with Gasteiger partial charge >= 0.3 is 0 Å². The van der Waals surface area contributed by atoms with Gasteiger partial charge < -0.3 is 10.8 Å². The first-order valence-electron chi connectivity index (χ1n) is 10.2. The smallest absolute Gasteiger partial charge is 0.255 e. The Hall–Kier alpha value is -1.47. The van der Waals surface area contributed by atoms with Crippen LogP contribution in [0.3, 0.4) is 0 Å². The number of aliphatic hydroxyl groups is 1. The molecule has 1 aromatic carbocycles. The van der Waals surface area contributed by atoms with Gasteiger partial charge in [-0.15, -0.1) is 0 Å². The number of imide groups is 1. The highest BCUT2D eigenvalue weighted by Gasteiger charge is 2.34. The Morgan fingerprint density at radius 2 is 1.93 bits per heavy atom. The van der Waals surface area contributed by atoms with Crippen LogP contribution in [0.25, 0.3) is 0 Å². The van der Waals surface area contributed by atoms with Crippen LogP contribution in [0.15, 0.2) is 18.2 Å². The van der Waals surface area contributed by atoms with E-state index in [0.29, 0.717) is 24.5 Å². The number of aliphatic hydroxyl groups excluding tert-OH is 1. The minimum Gasteiger partial charge on any atom is -0.383 e. The van der Waals surface area contributed by atoms with Crippen molar-refractivity contribution in [1.82, 2.24) is 10.2 Å². The van der Waals surface area contributed by atoms with Crippen molar-refractivity contribution in [1.29, 1.82) is 0 Å². The minimum atomic E-state index is -1.10. The summed E-state index contributed by atoms with van der Waals surface area (Å²) in [5.41, 5.74) is 7.83. The van der Waals surface area contributed by atoms with Gasteiger partial charge in [0.25, 0.3) is 5.91 Å². The summed E-state index contributed by atoms with van der Waals surface area (Å²) in [6, 6.07) is 5.22. The summed E-state index contributed by atoms with van der Waals surface area (Å²) in [4.78, 5) is 27.2. The molecule has 7 heteroatoms. The Morgan fingerprint density at radius 3 is 2.64 bits per heavy atom. The molecule has 1 aromatic rings. The molecule has 4 N–H and O–H groups in total. The molecule has 0 bridgehead atoms. The van der Waals surface area contributed by atoms with E-state index in [-0.39, 0.29) is 17.9 Å². The average molecular weight is 408 g/mol. The minimum absolute atomic E-state index is 0.0418. The van der Waals surface area contributed by atoms with Crippen molar-refractivity contribution < 1.29 is 14.7 Å². The molecule has 1 aliphatic heterocycles. The number of benzene rings is 1. The number of nitrogens with two attached hydrogens (primary N) is 1. The van der Waals surface area contributed by atoms with Crippen LogP contribution in [0.2, 0.25) is 5.02 Å². The first kappa shape index (κ1) is 21.2. The lowest BCUT2D eigenvalue weighted by molar-refractivity contribution is -0.140. The highest BCUT2D eigenvalue weighted by molar-refractivity contribution is 6.30. The summed E-state index contributed by atoms with van der Waals surface area (Å²) in [6.07, 6.45) is 5.37. The predicted molar refractivity (Wildman–Crippen MR) is 109 cm³/mol. The Morgan fingerprint density at radius 1 is 1.18 bits per heavy atom. The molecular formula is C21H30ClN3O3. The third-order valence-corrected chi connectivity index (χ3v) is 6.27. The van der Waals surface area contributed by atoms with Crippen molar-refractivity contribution in [3.8, 4) is 0 Å². The maximum absolute atomic E-state index is 12.7. The molecule has 0 aromatic heterocycles. The molecule has 2 fully saturated rings. The summed E-state index contributed by atoms with van der Waals surface area (Å²) in [7, 11) is 0. The molecule has 2 atom stereocenters. The maximum Gasteiger partial charge on any atom is 0.255 e. The SMILES string of the molecule is NCc1ccc(Cl)cc1CN1CCC[C@H]1C(=O)NC(=O)[C@H](O)C1CCCCC1. The zero-order valence-electron chi connectivity index (χ0n) is 16.2. The van der Waals surface area contributed by atoms with Crippen molar-refractivity contribution in [2.75, 3.05) is 6.54 Å². The maximum atomic E-state index is 12.7. The number of halogens is 1. The molecule has 6 nitrogen and oxygen atoms in total. The number of hydrogen-bond donors (Lipinski definition) is 3. The Bertz CT molecular complexity index is 706. The van der Waals surface area contributed by atoms with E-state index >= 15 is 0 Å². The molecule has 2 aliphatic rings. The summed E-state index contributed by atoms with van der Waals surface area (Å²) in [5.74, 6) is -0.928. The fourth-order valence-electron chi connectivity index (χ4n) is 4.41. The second-order valence-electron chi connectivity index (χ2n) is 7.94. The number of hydrogen-bond acceptors (Lipinski definition) is 5. The lowest BCUT2D eigenvalue weighted by Crippen LogP contribution is -2.49. The van der Waals surface area contributed by atoms with E-state index in [4.69, 9.17) is 17.3 Å². The fraction of sp³-hybridized carbons (Fsp3) is 0.619. The zero-order valence-corrected chi connectivity index (χ0v) is 17.0. The number of nitrogens with zero attached hydrogens (tertiary/aromatic N) is 1. The van der Waals surface area contributed by atoms with Crippen LogP contribution in [-0.4, -0.2) is 40.5 Å². The lowest BCUT2D eigenvalue weighted by atomic mass is 9.85. The fourth-order valence-corrected chi connectivity index (χ4v) is 4.61. The van der Waals surface area contributed by atoms with Gasteiger partial charge in [-0.2, -0.15) is 0 Å². The van der Waals surface area contributed by atoms with Crippen molar-refractivity contribution >= 4 is 23.4 Å². The van der Waals surface area contributed by atoms with Crippen molar-refractivity contribution in [3.63, 3.8) is 0 Å². The second kappa shape index (κ2) is 9.83.